The summed E-state index contributed by atoms with van der Waals surface area (Å²) in [6, 6.07) is 5.67. The van der Waals surface area contributed by atoms with Gasteiger partial charge in [0.15, 0.2) is 0 Å². The highest BCUT2D eigenvalue weighted by molar-refractivity contribution is 5.90. The number of hydrogen-bond donors (Lipinski definition) is 1. The van der Waals surface area contributed by atoms with Crippen molar-refractivity contribution in [3.63, 3.8) is 0 Å². The summed E-state index contributed by atoms with van der Waals surface area (Å²) in [5, 5.41) is 0. The van der Waals surface area contributed by atoms with Gasteiger partial charge in [-0.3, -0.25) is 4.90 Å². The number of nitrogens with two attached hydrogens (primary N) is 1. The van der Waals surface area contributed by atoms with E-state index < -0.39 is 5.60 Å². The molecule has 2 rings (SSSR count). The lowest BCUT2D eigenvalue weighted by Crippen LogP contribution is -2.39. The van der Waals surface area contributed by atoms with E-state index in [1.165, 1.54) is 0 Å². The molecule has 0 aromatic heterocycles. The minimum absolute atomic E-state index is 0.297. The third kappa shape index (κ3) is 2.58. The molecule has 0 radical (unpaired) electrons. The van der Waals surface area contributed by atoms with E-state index in [9.17, 15) is 4.79 Å². The van der Waals surface area contributed by atoms with E-state index in [2.05, 4.69) is 0 Å². The Morgan fingerprint density at radius 2 is 2.11 bits per heavy atom. The maximum atomic E-state index is 12.2. The summed E-state index contributed by atoms with van der Waals surface area (Å²) in [6.07, 6.45) is 1.54. The van der Waals surface area contributed by atoms with Crippen molar-refractivity contribution in [3.8, 4) is 0 Å². The average Bonchev–Trinajstić information content (AvgIpc) is 2.26. The number of nitrogens with zero attached hydrogens (tertiary/aromatic N) is 1. The molecular weight excluding hydrogens is 228 g/mol. The van der Waals surface area contributed by atoms with Gasteiger partial charge in [0, 0.05) is 12.2 Å². The molecule has 1 aromatic rings. The van der Waals surface area contributed by atoms with Crippen molar-refractivity contribution in [1.82, 2.24) is 0 Å². The van der Waals surface area contributed by atoms with Gasteiger partial charge in [0.2, 0.25) is 0 Å². The second-order valence-electron chi connectivity index (χ2n) is 5.58. The lowest BCUT2D eigenvalue weighted by Gasteiger charge is -2.32. The van der Waals surface area contributed by atoms with Gasteiger partial charge in [-0.25, -0.2) is 4.79 Å². The quantitative estimate of drug-likeness (QED) is 0.718. The topological polar surface area (TPSA) is 55.6 Å². The van der Waals surface area contributed by atoms with Crippen molar-refractivity contribution in [2.45, 2.75) is 39.2 Å². The first-order chi connectivity index (χ1) is 8.38. The fraction of sp³-hybridized carbons (Fsp3) is 0.500. The van der Waals surface area contributed by atoms with Gasteiger partial charge in [-0.05, 0) is 51.3 Å². The highest BCUT2D eigenvalue weighted by atomic mass is 16.6. The normalized spacial score (nSPS) is 15.2. The summed E-state index contributed by atoms with van der Waals surface area (Å²) < 4.78 is 5.42. The van der Waals surface area contributed by atoms with Crippen molar-refractivity contribution < 1.29 is 9.53 Å². The van der Waals surface area contributed by atoms with Crippen LogP contribution in [0.4, 0.5) is 16.2 Å². The zero-order chi connectivity index (χ0) is 13.3. The SMILES string of the molecule is CC(C)(C)OC(=O)N1CCCc2c(N)cccc21. The van der Waals surface area contributed by atoms with Gasteiger partial charge >= 0.3 is 6.09 Å². The molecule has 4 nitrogen and oxygen atoms in total. The number of hydrogen-bond acceptors (Lipinski definition) is 3. The summed E-state index contributed by atoms with van der Waals surface area (Å²) >= 11 is 0. The van der Waals surface area contributed by atoms with E-state index in [-0.39, 0.29) is 6.09 Å². The molecule has 0 bridgehead atoms. The zero-order valence-corrected chi connectivity index (χ0v) is 11.2. The number of carbonyl (C=O) groups is 1. The first-order valence-corrected chi connectivity index (χ1v) is 6.26. The third-order valence-electron chi connectivity index (χ3n) is 2.90. The van der Waals surface area contributed by atoms with Crippen LogP contribution < -0.4 is 10.6 Å². The monoisotopic (exact) mass is 248 g/mol. The second kappa shape index (κ2) is 4.52. The predicted octanol–water partition coefficient (Wildman–Crippen LogP) is 2.96. The number of amides is 1. The molecule has 0 atom stereocenters. The summed E-state index contributed by atoms with van der Waals surface area (Å²) in [5.74, 6) is 0. The van der Waals surface area contributed by atoms with Crippen molar-refractivity contribution in [1.29, 1.82) is 0 Å². The molecule has 98 valence electrons. The van der Waals surface area contributed by atoms with Crippen LogP contribution in [-0.2, 0) is 11.2 Å². The van der Waals surface area contributed by atoms with Crippen LogP contribution >= 0.6 is 0 Å². The van der Waals surface area contributed by atoms with Crippen LogP contribution in [0.1, 0.15) is 32.8 Å². The van der Waals surface area contributed by atoms with Crippen molar-refractivity contribution in [2.75, 3.05) is 17.2 Å². The molecule has 4 heteroatoms. The van der Waals surface area contributed by atoms with E-state index in [1.807, 2.05) is 39.0 Å². The van der Waals surface area contributed by atoms with Crippen LogP contribution in [-0.4, -0.2) is 18.2 Å². The van der Waals surface area contributed by atoms with E-state index in [1.54, 1.807) is 4.90 Å². The highest BCUT2D eigenvalue weighted by Crippen LogP contribution is 2.32. The number of rotatable bonds is 0. The van der Waals surface area contributed by atoms with Gasteiger partial charge in [0.25, 0.3) is 0 Å². The number of benzene rings is 1. The Hall–Kier alpha value is -1.71. The lowest BCUT2D eigenvalue weighted by atomic mass is 10.0. The fourth-order valence-electron chi connectivity index (χ4n) is 2.16. The Balaban J connectivity index is 2.28. The third-order valence-corrected chi connectivity index (χ3v) is 2.90. The Kier molecular flexibility index (Phi) is 3.20. The first kappa shape index (κ1) is 12.7. The largest absolute Gasteiger partial charge is 0.443 e. The average molecular weight is 248 g/mol. The molecule has 1 heterocycles. The van der Waals surface area contributed by atoms with E-state index in [0.29, 0.717) is 6.54 Å². The Labute approximate surface area is 108 Å². The minimum Gasteiger partial charge on any atom is -0.443 e. The molecule has 1 amide bonds. The first-order valence-electron chi connectivity index (χ1n) is 6.26. The Bertz CT molecular complexity index is 463. The van der Waals surface area contributed by atoms with Crippen LogP contribution in [0.3, 0.4) is 0 Å². The van der Waals surface area contributed by atoms with Gasteiger partial charge in [-0.2, -0.15) is 0 Å². The zero-order valence-electron chi connectivity index (χ0n) is 11.2. The molecular formula is C14H20N2O2. The van der Waals surface area contributed by atoms with Crippen LogP contribution in [0.25, 0.3) is 0 Å². The Morgan fingerprint density at radius 3 is 2.78 bits per heavy atom. The molecule has 0 aliphatic carbocycles. The molecule has 0 saturated heterocycles. The van der Waals surface area contributed by atoms with Crippen LogP contribution in [0.15, 0.2) is 18.2 Å². The van der Waals surface area contributed by atoms with E-state index in [0.717, 1.165) is 29.8 Å². The molecule has 0 saturated carbocycles. The molecule has 2 N–H and O–H groups in total. The van der Waals surface area contributed by atoms with Crippen molar-refractivity contribution in [3.05, 3.63) is 23.8 Å². The molecule has 0 fully saturated rings. The molecule has 1 aliphatic rings. The van der Waals surface area contributed by atoms with Crippen molar-refractivity contribution >= 4 is 17.5 Å². The van der Waals surface area contributed by atoms with Gasteiger partial charge in [0.1, 0.15) is 5.60 Å². The van der Waals surface area contributed by atoms with Crippen LogP contribution in [0.5, 0.6) is 0 Å². The number of carbonyl (C=O) groups excluding carboxylic acids is 1. The standard InChI is InChI=1S/C14H20N2O2/c1-14(2,3)18-13(17)16-9-5-6-10-11(15)7-4-8-12(10)16/h4,7-8H,5-6,9,15H2,1-3H3. The number of anilines is 2. The summed E-state index contributed by atoms with van der Waals surface area (Å²) in [4.78, 5) is 13.8. The van der Waals surface area contributed by atoms with Gasteiger partial charge in [-0.1, -0.05) is 6.07 Å². The molecule has 0 spiro atoms. The highest BCUT2D eigenvalue weighted by Gasteiger charge is 2.27. The van der Waals surface area contributed by atoms with Gasteiger partial charge < -0.3 is 10.5 Å². The van der Waals surface area contributed by atoms with E-state index >= 15 is 0 Å². The summed E-state index contributed by atoms with van der Waals surface area (Å²) in [6.45, 7) is 6.30. The number of nitrogen functional groups attached to an aromatic ring is 1. The number of fused-ring (bicyclic) bond motifs is 1. The number of ether oxygens (including phenoxy) is 1. The minimum atomic E-state index is -0.477. The van der Waals surface area contributed by atoms with Gasteiger partial charge in [0.05, 0.1) is 5.69 Å². The van der Waals surface area contributed by atoms with Crippen LogP contribution in [0.2, 0.25) is 0 Å². The Morgan fingerprint density at radius 1 is 1.39 bits per heavy atom. The van der Waals surface area contributed by atoms with Crippen molar-refractivity contribution in [2.24, 2.45) is 0 Å². The summed E-state index contributed by atoms with van der Waals surface area (Å²) in [7, 11) is 0. The smallest absolute Gasteiger partial charge is 0.414 e. The fourth-order valence-corrected chi connectivity index (χ4v) is 2.16. The second-order valence-corrected chi connectivity index (χ2v) is 5.58. The molecule has 18 heavy (non-hydrogen) atoms. The van der Waals surface area contributed by atoms with Gasteiger partial charge in [-0.15, -0.1) is 0 Å². The maximum absolute atomic E-state index is 12.2. The maximum Gasteiger partial charge on any atom is 0.414 e. The summed E-state index contributed by atoms with van der Waals surface area (Å²) in [5.41, 5.74) is 8.16. The lowest BCUT2D eigenvalue weighted by molar-refractivity contribution is 0.0578. The predicted molar refractivity (Wildman–Crippen MR) is 72.8 cm³/mol. The molecule has 1 aliphatic heterocycles. The molecule has 0 unspecified atom stereocenters. The van der Waals surface area contributed by atoms with E-state index in [4.69, 9.17) is 10.5 Å². The molecule has 1 aromatic carbocycles. The van der Waals surface area contributed by atoms with Crippen LogP contribution in [0, 0.1) is 0 Å².